The molecule has 0 spiro atoms. The van der Waals surface area contributed by atoms with Gasteiger partial charge in [-0.25, -0.2) is 0 Å². The lowest BCUT2D eigenvalue weighted by Gasteiger charge is -2.20. The van der Waals surface area contributed by atoms with Crippen LogP contribution in [0.1, 0.15) is 24.5 Å². The molecule has 3 rings (SSSR count). The van der Waals surface area contributed by atoms with Crippen LogP contribution in [-0.2, 0) is 16.0 Å². The quantitative estimate of drug-likeness (QED) is 0.892. The van der Waals surface area contributed by atoms with Crippen molar-refractivity contribution in [3.05, 3.63) is 58.6 Å². The molecule has 1 saturated heterocycles. The van der Waals surface area contributed by atoms with E-state index >= 15 is 0 Å². The molecule has 2 aromatic carbocycles. The van der Waals surface area contributed by atoms with E-state index in [4.69, 9.17) is 11.6 Å². The predicted molar refractivity (Wildman–Crippen MR) is 101 cm³/mol. The van der Waals surface area contributed by atoms with Crippen LogP contribution in [0.4, 0.5) is 11.4 Å². The average Bonchev–Trinajstić information content (AvgIpc) is 3.00. The Hall–Kier alpha value is -2.33. The second kappa shape index (κ2) is 7.28. The largest absolute Gasteiger partial charge is 0.326 e. The minimum Gasteiger partial charge on any atom is -0.326 e. The SMILES string of the molecule is CCc1ccccc1N1C[C@H](C(=O)Nc2ccc(C)c(Cl)c2)CC1=O. The number of benzene rings is 2. The summed E-state index contributed by atoms with van der Waals surface area (Å²) in [6.07, 6.45) is 1.07. The lowest BCUT2D eigenvalue weighted by Crippen LogP contribution is -2.28. The van der Waals surface area contributed by atoms with Gasteiger partial charge in [0.15, 0.2) is 0 Å². The van der Waals surface area contributed by atoms with Gasteiger partial charge in [-0.15, -0.1) is 0 Å². The molecule has 2 aromatic rings. The first-order valence-corrected chi connectivity index (χ1v) is 8.82. The molecule has 0 radical (unpaired) electrons. The Morgan fingerprint density at radius 2 is 2.04 bits per heavy atom. The number of carbonyl (C=O) groups excluding carboxylic acids is 2. The van der Waals surface area contributed by atoms with E-state index in [1.54, 1.807) is 11.0 Å². The highest BCUT2D eigenvalue weighted by Crippen LogP contribution is 2.29. The summed E-state index contributed by atoms with van der Waals surface area (Å²) in [6.45, 7) is 4.37. The monoisotopic (exact) mass is 356 g/mol. The fourth-order valence-electron chi connectivity index (χ4n) is 3.10. The van der Waals surface area contributed by atoms with Gasteiger partial charge in [0, 0.05) is 29.4 Å². The second-order valence-electron chi connectivity index (χ2n) is 6.34. The van der Waals surface area contributed by atoms with Crippen LogP contribution < -0.4 is 10.2 Å². The maximum Gasteiger partial charge on any atom is 0.229 e. The van der Waals surface area contributed by atoms with E-state index in [-0.39, 0.29) is 24.2 Å². The summed E-state index contributed by atoms with van der Waals surface area (Å²) in [7, 11) is 0. The molecule has 1 fully saturated rings. The number of para-hydroxylation sites is 1. The van der Waals surface area contributed by atoms with Crippen molar-refractivity contribution in [2.75, 3.05) is 16.8 Å². The number of rotatable bonds is 4. The molecular weight excluding hydrogens is 336 g/mol. The first-order valence-electron chi connectivity index (χ1n) is 8.45. The van der Waals surface area contributed by atoms with Crippen molar-refractivity contribution in [3.8, 4) is 0 Å². The van der Waals surface area contributed by atoms with Gasteiger partial charge in [-0.1, -0.05) is 42.8 Å². The summed E-state index contributed by atoms with van der Waals surface area (Å²) >= 11 is 6.10. The number of hydrogen-bond acceptors (Lipinski definition) is 2. The van der Waals surface area contributed by atoms with Crippen LogP contribution in [0.25, 0.3) is 0 Å². The number of hydrogen-bond donors (Lipinski definition) is 1. The maximum atomic E-state index is 12.6. The van der Waals surface area contributed by atoms with Crippen LogP contribution in [0.15, 0.2) is 42.5 Å². The predicted octanol–water partition coefficient (Wildman–Crippen LogP) is 4.20. The van der Waals surface area contributed by atoms with E-state index in [0.29, 0.717) is 17.3 Å². The fourth-order valence-corrected chi connectivity index (χ4v) is 3.28. The first-order chi connectivity index (χ1) is 12.0. The van der Waals surface area contributed by atoms with Crippen LogP contribution in [-0.4, -0.2) is 18.4 Å². The minimum atomic E-state index is -0.363. The highest BCUT2D eigenvalue weighted by molar-refractivity contribution is 6.31. The fraction of sp³-hybridized carbons (Fsp3) is 0.300. The van der Waals surface area contributed by atoms with Gasteiger partial charge >= 0.3 is 0 Å². The van der Waals surface area contributed by atoms with Gasteiger partial charge in [0.25, 0.3) is 0 Å². The van der Waals surface area contributed by atoms with Crippen molar-refractivity contribution in [3.63, 3.8) is 0 Å². The van der Waals surface area contributed by atoms with Crippen molar-refractivity contribution < 1.29 is 9.59 Å². The Balaban J connectivity index is 1.73. The standard InChI is InChI=1S/C20H21ClN2O2/c1-3-14-6-4-5-7-18(14)23-12-15(10-19(23)24)20(25)22-16-9-8-13(2)17(21)11-16/h4-9,11,15H,3,10,12H2,1-2H3,(H,22,25)/t15-/m1/s1. The van der Waals surface area contributed by atoms with Crippen LogP contribution >= 0.6 is 11.6 Å². The number of nitrogens with zero attached hydrogens (tertiary/aromatic N) is 1. The van der Waals surface area contributed by atoms with Gasteiger partial charge in [0.05, 0.1) is 5.92 Å². The number of aryl methyl sites for hydroxylation is 2. The number of anilines is 2. The number of carbonyl (C=O) groups is 2. The Morgan fingerprint density at radius 1 is 1.28 bits per heavy atom. The zero-order valence-electron chi connectivity index (χ0n) is 14.4. The van der Waals surface area contributed by atoms with Crippen molar-refractivity contribution in [1.29, 1.82) is 0 Å². The molecule has 0 aliphatic carbocycles. The van der Waals surface area contributed by atoms with Gasteiger partial charge in [0.1, 0.15) is 0 Å². The Bertz CT molecular complexity index is 819. The van der Waals surface area contributed by atoms with Gasteiger partial charge in [-0.3, -0.25) is 9.59 Å². The molecule has 1 aliphatic rings. The molecule has 2 amide bonds. The van der Waals surface area contributed by atoms with Gasteiger partial charge < -0.3 is 10.2 Å². The van der Waals surface area contributed by atoms with Gasteiger partial charge in [0.2, 0.25) is 11.8 Å². The lowest BCUT2D eigenvalue weighted by atomic mass is 10.1. The third kappa shape index (κ3) is 3.69. The Kier molecular flexibility index (Phi) is 5.09. The molecule has 5 heteroatoms. The van der Waals surface area contributed by atoms with Crippen LogP contribution in [0.2, 0.25) is 5.02 Å². The van der Waals surface area contributed by atoms with Crippen LogP contribution in [0.3, 0.4) is 0 Å². The third-order valence-electron chi connectivity index (χ3n) is 4.60. The maximum absolute atomic E-state index is 12.6. The molecular formula is C20H21ClN2O2. The lowest BCUT2D eigenvalue weighted by molar-refractivity contribution is -0.122. The number of nitrogens with one attached hydrogen (secondary N) is 1. The summed E-state index contributed by atoms with van der Waals surface area (Å²) in [6, 6.07) is 13.3. The molecule has 1 heterocycles. The van der Waals surface area contributed by atoms with Crippen molar-refractivity contribution >= 4 is 34.8 Å². The zero-order chi connectivity index (χ0) is 18.0. The Labute approximate surface area is 152 Å². The molecule has 0 bridgehead atoms. The van der Waals surface area contributed by atoms with E-state index in [9.17, 15) is 9.59 Å². The molecule has 4 nitrogen and oxygen atoms in total. The summed E-state index contributed by atoms with van der Waals surface area (Å²) in [4.78, 5) is 26.7. The molecule has 130 valence electrons. The van der Waals surface area contributed by atoms with Crippen molar-refractivity contribution in [2.45, 2.75) is 26.7 Å². The van der Waals surface area contributed by atoms with Crippen LogP contribution in [0.5, 0.6) is 0 Å². The van der Waals surface area contributed by atoms with Crippen molar-refractivity contribution in [1.82, 2.24) is 0 Å². The first kappa shape index (κ1) is 17.5. The molecule has 0 aromatic heterocycles. The van der Waals surface area contributed by atoms with Crippen LogP contribution in [0, 0.1) is 12.8 Å². The molecule has 0 unspecified atom stereocenters. The van der Waals surface area contributed by atoms with E-state index in [1.807, 2.05) is 43.3 Å². The molecule has 1 aliphatic heterocycles. The summed E-state index contributed by atoms with van der Waals surface area (Å²) in [5.41, 5.74) is 3.63. The molecule has 0 saturated carbocycles. The molecule has 1 N–H and O–H groups in total. The number of amides is 2. The Morgan fingerprint density at radius 3 is 2.76 bits per heavy atom. The minimum absolute atomic E-state index is 0.0111. The summed E-state index contributed by atoms with van der Waals surface area (Å²) < 4.78 is 0. The zero-order valence-corrected chi connectivity index (χ0v) is 15.1. The van der Waals surface area contributed by atoms with E-state index < -0.39 is 0 Å². The van der Waals surface area contributed by atoms with E-state index in [1.165, 1.54) is 0 Å². The highest BCUT2D eigenvalue weighted by atomic mass is 35.5. The molecule has 1 atom stereocenters. The van der Waals surface area contributed by atoms with E-state index in [2.05, 4.69) is 12.2 Å². The normalized spacial score (nSPS) is 17.0. The topological polar surface area (TPSA) is 49.4 Å². The van der Waals surface area contributed by atoms with E-state index in [0.717, 1.165) is 23.2 Å². The smallest absolute Gasteiger partial charge is 0.229 e. The van der Waals surface area contributed by atoms with Gasteiger partial charge in [-0.2, -0.15) is 0 Å². The highest BCUT2D eigenvalue weighted by Gasteiger charge is 2.35. The average molecular weight is 357 g/mol. The summed E-state index contributed by atoms with van der Waals surface area (Å²) in [5.74, 6) is -0.523. The van der Waals surface area contributed by atoms with Gasteiger partial charge in [-0.05, 0) is 42.7 Å². The number of halogens is 1. The van der Waals surface area contributed by atoms with Crippen molar-refractivity contribution in [2.24, 2.45) is 5.92 Å². The molecule has 25 heavy (non-hydrogen) atoms. The second-order valence-corrected chi connectivity index (χ2v) is 6.75. The third-order valence-corrected chi connectivity index (χ3v) is 5.01. The summed E-state index contributed by atoms with van der Waals surface area (Å²) in [5, 5.41) is 3.48.